The van der Waals surface area contributed by atoms with Crippen LogP contribution in [0.15, 0.2) is 17.2 Å². The number of anilines is 1. The summed E-state index contributed by atoms with van der Waals surface area (Å²) < 4.78 is 81.5. The molecular formula is C12H9ClF6N4OS. The van der Waals surface area contributed by atoms with Gasteiger partial charge in [0.1, 0.15) is 11.5 Å². The Bertz CT molecular complexity index is 776. The molecule has 2 heterocycles. The summed E-state index contributed by atoms with van der Waals surface area (Å²) in [6.07, 6.45) is -4.20. The standard InChI is InChI=1S/C12H9ClF6N4OS/c1-24-4-7-8(25-12(17,18)19)9(20)23(22-7)10-6(13)2-5(3-21-10)11(14,15)16/h2-3H,4,20H2,1H3. The summed E-state index contributed by atoms with van der Waals surface area (Å²) in [7, 11) is 1.24. The number of methoxy groups -OCH3 is 1. The first-order valence-corrected chi connectivity index (χ1v) is 7.48. The number of pyridine rings is 1. The molecule has 0 amide bonds. The number of rotatable bonds is 4. The lowest BCUT2D eigenvalue weighted by atomic mass is 10.3. The zero-order valence-electron chi connectivity index (χ0n) is 12.2. The van der Waals surface area contributed by atoms with E-state index in [9.17, 15) is 26.3 Å². The number of aromatic nitrogens is 3. The third-order valence-electron chi connectivity index (χ3n) is 2.79. The first-order chi connectivity index (χ1) is 11.4. The second kappa shape index (κ2) is 6.92. The number of alkyl halides is 6. The molecule has 0 aliphatic rings. The molecule has 2 N–H and O–H groups in total. The van der Waals surface area contributed by atoms with Gasteiger partial charge in [0.25, 0.3) is 0 Å². The highest BCUT2D eigenvalue weighted by atomic mass is 35.5. The van der Waals surface area contributed by atoms with Gasteiger partial charge >= 0.3 is 11.7 Å². The van der Waals surface area contributed by atoms with E-state index in [4.69, 9.17) is 22.1 Å². The topological polar surface area (TPSA) is 66.0 Å². The first-order valence-electron chi connectivity index (χ1n) is 6.29. The van der Waals surface area contributed by atoms with Crippen LogP contribution in [-0.4, -0.2) is 27.4 Å². The van der Waals surface area contributed by atoms with E-state index in [1.807, 2.05) is 0 Å². The molecule has 5 nitrogen and oxygen atoms in total. The molecule has 0 radical (unpaired) electrons. The Morgan fingerprint density at radius 2 is 1.92 bits per heavy atom. The molecule has 0 saturated carbocycles. The van der Waals surface area contributed by atoms with Crippen LogP contribution < -0.4 is 5.73 Å². The summed E-state index contributed by atoms with van der Waals surface area (Å²) in [6.45, 7) is -0.298. The van der Waals surface area contributed by atoms with Gasteiger partial charge < -0.3 is 10.5 Å². The van der Waals surface area contributed by atoms with E-state index < -0.39 is 44.7 Å². The Hall–Kier alpha value is -1.66. The van der Waals surface area contributed by atoms with Crippen molar-refractivity contribution in [3.8, 4) is 5.82 Å². The Kier molecular flexibility index (Phi) is 5.44. The minimum Gasteiger partial charge on any atom is -0.383 e. The number of nitrogen functional groups attached to an aromatic ring is 1. The summed E-state index contributed by atoms with van der Waals surface area (Å²) in [6, 6.07) is 0.581. The molecule has 25 heavy (non-hydrogen) atoms. The lowest BCUT2D eigenvalue weighted by Crippen LogP contribution is -2.10. The van der Waals surface area contributed by atoms with Gasteiger partial charge in [0.2, 0.25) is 0 Å². The van der Waals surface area contributed by atoms with E-state index in [0.29, 0.717) is 12.3 Å². The Balaban J connectivity index is 2.54. The van der Waals surface area contributed by atoms with Gasteiger partial charge in [0.05, 0.1) is 22.1 Å². The van der Waals surface area contributed by atoms with Gasteiger partial charge in [-0.25, -0.2) is 4.98 Å². The monoisotopic (exact) mass is 406 g/mol. The van der Waals surface area contributed by atoms with E-state index in [0.717, 1.165) is 4.68 Å². The zero-order chi connectivity index (χ0) is 19.0. The van der Waals surface area contributed by atoms with Gasteiger partial charge in [-0.3, -0.25) is 0 Å². The second-order valence-corrected chi connectivity index (χ2v) is 6.06. The molecular weight excluding hydrogens is 398 g/mol. The molecule has 0 aliphatic carbocycles. The third-order valence-corrected chi connectivity index (χ3v) is 3.95. The molecule has 0 aromatic carbocycles. The number of nitrogens with zero attached hydrogens (tertiary/aromatic N) is 3. The van der Waals surface area contributed by atoms with Crippen molar-refractivity contribution in [1.29, 1.82) is 0 Å². The van der Waals surface area contributed by atoms with Crippen LogP contribution in [-0.2, 0) is 17.5 Å². The molecule has 2 aromatic heterocycles. The van der Waals surface area contributed by atoms with Gasteiger partial charge in [-0.05, 0) is 17.8 Å². The maximum Gasteiger partial charge on any atom is 0.446 e. The van der Waals surface area contributed by atoms with Crippen LogP contribution >= 0.6 is 23.4 Å². The van der Waals surface area contributed by atoms with E-state index in [1.165, 1.54) is 7.11 Å². The maximum atomic E-state index is 12.7. The summed E-state index contributed by atoms with van der Waals surface area (Å²) in [4.78, 5) is 3.09. The van der Waals surface area contributed by atoms with Gasteiger partial charge in [-0.15, -0.1) is 0 Å². The minimum atomic E-state index is -4.68. The van der Waals surface area contributed by atoms with Crippen LogP contribution in [0.4, 0.5) is 32.2 Å². The van der Waals surface area contributed by atoms with Crippen LogP contribution in [0.5, 0.6) is 0 Å². The van der Waals surface area contributed by atoms with Crippen molar-refractivity contribution >= 4 is 29.2 Å². The molecule has 2 rings (SSSR count). The van der Waals surface area contributed by atoms with Gasteiger partial charge in [-0.2, -0.15) is 36.1 Å². The van der Waals surface area contributed by atoms with Crippen LogP contribution in [0.2, 0.25) is 5.02 Å². The Morgan fingerprint density at radius 1 is 1.28 bits per heavy atom. The minimum absolute atomic E-state index is 0.153. The zero-order valence-corrected chi connectivity index (χ0v) is 13.8. The lowest BCUT2D eigenvalue weighted by molar-refractivity contribution is -0.137. The molecule has 13 heteroatoms. The quantitative estimate of drug-likeness (QED) is 0.606. The summed E-state index contributed by atoms with van der Waals surface area (Å²) in [5.74, 6) is -0.804. The molecule has 0 unspecified atom stereocenters. The first kappa shape index (κ1) is 19.7. The van der Waals surface area contributed by atoms with Crippen molar-refractivity contribution < 1.29 is 31.1 Å². The lowest BCUT2D eigenvalue weighted by Gasteiger charge is -2.10. The van der Waals surface area contributed by atoms with Crippen LogP contribution in [0, 0.1) is 0 Å². The van der Waals surface area contributed by atoms with Gasteiger partial charge in [0.15, 0.2) is 5.82 Å². The van der Waals surface area contributed by atoms with Crippen LogP contribution in [0.3, 0.4) is 0 Å². The van der Waals surface area contributed by atoms with Crippen molar-refractivity contribution in [1.82, 2.24) is 14.8 Å². The van der Waals surface area contributed by atoms with Crippen molar-refractivity contribution in [2.24, 2.45) is 0 Å². The Morgan fingerprint density at radius 3 is 2.40 bits per heavy atom. The van der Waals surface area contributed by atoms with E-state index in [-0.39, 0.29) is 18.1 Å². The molecule has 0 spiro atoms. The molecule has 2 aromatic rings. The summed E-state index contributed by atoms with van der Waals surface area (Å²) in [5, 5.41) is 3.35. The summed E-state index contributed by atoms with van der Waals surface area (Å²) >= 11 is 5.26. The number of halogens is 7. The fourth-order valence-electron chi connectivity index (χ4n) is 1.83. The smallest absolute Gasteiger partial charge is 0.383 e. The van der Waals surface area contributed by atoms with Crippen molar-refractivity contribution in [2.75, 3.05) is 12.8 Å². The van der Waals surface area contributed by atoms with Crippen LogP contribution in [0.1, 0.15) is 11.3 Å². The normalized spacial score (nSPS) is 12.6. The van der Waals surface area contributed by atoms with Crippen molar-refractivity contribution in [2.45, 2.75) is 23.2 Å². The average Bonchev–Trinajstić information content (AvgIpc) is 2.74. The van der Waals surface area contributed by atoms with Crippen molar-refractivity contribution in [3.05, 3.63) is 28.5 Å². The third kappa shape index (κ3) is 4.50. The molecule has 0 aliphatic heterocycles. The molecule has 138 valence electrons. The number of hydrogen-bond donors (Lipinski definition) is 1. The number of ether oxygens (including phenoxy) is 1. The Labute approximate surface area is 146 Å². The van der Waals surface area contributed by atoms with E-state index >= 15 is 0 Å². The predicted octanol–water partition coefficient (Wildman–Crippen LogP) is 4.28. The highest BCUT2D eigenvalue weighted by Gasteiger charge is 2.35. The number of thioether (sulfide) groups is 1. The van der Waals surface area contributed by atoms with Gasteiger partial charge in [-0.1, -0.05) is 11.6 Å². The average molecular weight is 407 g/mol. The van der Waals surface area contributed by atoms with E-state index in [1.54, 1.807) is 0 Å². The number of hydrogen-bond acceptors (Lipinski definition) is 5. The summed E-state index contributed by atoms with van der Waals surface area (Å²) in [5.41, 5.74) is -0.251. The highest BCUT2D eigenvalue weighted by molar-refractivity contribution is 8.00. The largest absolute Gasteiger partial charge is 0.446 e. The molecule has 0 saturated heterocycles. The second-order valence-electron chi connectivity index (χ2n) is 4.58. The van der Waals surface area contributed by atoms with Gasteiger partial charge in [0, 0.05) is 13.3 Å². The predicted molar refractivity (Wildman–Crippen MR) is 78.4 cm³/mol. The molecule has 0 atom stereocenters. The molecule has 0 bridgehead atoms. The highest BCUT2D eigenvalue weighted by Crippen LogP contribution is 2.42. The maximum absolute atomic E-state index is 12.7. The van der Waals surface area contributed by atoms with Crippen molar-refractivity contribution in [3.63, 3.8) is 0 Å². The van der Waals surface area contributed by atoms with E-state index in [2.05, 4.69) is 10.1 Å². The fourth-order valence-corrected chi connectivity index (χ4v) is 2.71. The SMILES string of the molecule is COCc1nn(-c2ncc(C(F)(F)F)cc2Cl)c(N)c1SC(F)(F)F. The molecule has 0 fully saturated rings. The fraction of sp³-hybridized carbons (Fsp3) is 0.333. The van der Waals surface area contributed by atoms with Crippen LogP contribution in [0.25, 0.3) is 5.82 Å². The number of nitrogens with two attached hydrogens (primary N) is 1.